The molecule has 6 heteroatoms. The minimum Gasteiger partial charge on any atom is -0.433 e. The molecule has 0 aliphatic rings. The lowest BCUT2D eigenvalue weighted by Gasteiger charge is -2.07. The fourth-order valence-electron chi connectivity index (χ4n) is 1.22. The number of hydrazine groups is 1. The molecule has 108 valence electrons. The van der Waals surface area contributed by atoms with E-state index >= 15 is 0 Å². The summed E-state index contributed by atoms with van der Waals surface area (Å²) in [6.07, 6.45) is 2.96. The van der Waals surface area contributed by atoms with E-state index in [9.17, 15) is 8.78 Å². The highest BCUT2D eigenvalue weighted by molar-refractivity contribution is 5.90. The van der Waals surface area contributed by atoms with Crippen LogP contribution in [0.25, 0.3) is 0 Å². The fraction of sp³-hybridized carbons (Fsp3) is 0.214. The molecule has 0 atom stereocenters. The molecule has 0 fully saturated rings. The van der Waals surface area contributed by atoms with Gasteiger partial charge in [-0.15, -0.1) is 0 Å². The van der Waals surface area contributed by atoms with E-state index in [1.165, 1.54) is 12.3 Å². The monoisotopic (exact) mass is 281 g/mol. The summed E-state index contributed by atoms with van der Waals surface area (Å²) in [7, 11) is 0. The second-order valence-corrected chi connectivity index (χ2v) is 4.30. The smallest absolute Gasteiger partial charge is 0.219 e. The van der Waals surface area contributed by atoms with Crippen molar-refractivity contribution in [1.29, 1.82) is 0 Å². The first-order chi connectivity index (χ1) is 9.43. The van der Waals surface area contributed by atoms with Gasteiger partial charge in [-0.1, -0.05) is 11.6 Å². The van der Waals surface area contributed by atoms with Gasteiger partial charge < -0.3 is 10.2 Å². The van der Waals surface area contributed by atoms with Gasteiger partial charge in [0, 0.05) is 5.70 Å². The first-order valence-electron chi connectivity index (χ1n) is 5.92. The Bertz CT molecular complexity index is 541. The molecular formula is C14H17F2N3O. The molecule has 1 aromatic carbocycles. The SMILES string of the molecule is CC(C)=C/C(=N\C=C(/C)NN)Oc1c(F)cccc1F. The molecule has 0 aromatic heterocycles. The maximum Gasteiger partial charge on any atom is 0.219 e. The summed E-state index contributed by atoms with van der Waals surface area (Å²) in [5.41, 5.74) is 3.83. The van der Waals surface area contributed by atoms with Gasteiger partial charge in [-0.2, -0.15) is 0 Å². The summed E-state index contributed by atoms with van der Waals surface area (Å²) >= 11 is 0. The predicted molar refractivity (Wildman–Crippen MR) is 74.9 cm³/mol. The van der Waals surface area contributed by atoms with E-state index in [1.54, 1.807) is 13.0 Å². The van der Waals surface area contributed by atoms with E-state index in [4.69, 9.17) is 10.6 Å². The number of nitrogens with one attached hydrogen (secondary N) is 1. The maximum absolute atomic E-state index is 13.5. The number of hydrogen-bond donors (Lipinski definition) is 2. The van der Waals surface area contributed by atoms with Crippen LogP contribution in [0.3, 0.4) is 0 Å². The highest BCUT2D eigenvalue weighted by Gasteiger charge is 2.11. The van der Waals surface area contributed by atoms with Crippen molar-refractivity contribution in [3.05, 3.63) is 53.4 Å². The molecule has 20 heavy (non-hydrogen) atoms. The van der Waals surface area contributed by atoms with Crippen LogP contribution in [0.4, 0.5) is 8.78 Å². The number of benzene rings is 1. The Morgan fingerprint density at radius 3 is 2.35 bits per heavy atom. The van der Waals surface area contributed by atoms with Crippen LogP contribution < -0.4 is 16.0 Å². The molecule has 4 nitrogen and oxygen atoms in total. The molecule has 0 amide bonds. The molecule has 3 N–H and O–H groups in total. The molecular weight excluding hydrogens is 264 g/mol. The average molecular weight is 281 g/mol. The standard InChI is InChI=1S/C14H17F2N3O/c1-9(2)7-13(18-8-10(3)19-17)20-14-11(15)5-4-6-12(14)16/h4-8,19H,17H2,1-3H3/b10-8+,18-13+. The number of hydrogen-bond acceptors (Lipinski definition) is 4. The number of allylic oxidation sites excluding steroid dienone is 2. The van der Waals surface area contributed by atoms with Crippen LogP contribution in [-0.2, 0) is 0 Å². The second kappa shape index (κ2) is 7.40. The average Bonchev–Trinajstić information content (AvgIpc) is 2.39. The number of rotatable bonds is 4. The summed E-state index contributed by atoms with van der Waals surface area (Å²) in [4.78, 5) is 3.99. The van der Waals surface area contributed by atoms with E-state index in [2.05, 4.69) is 10.4 Å². The van der Waals surface area contributed by atoms with Gasteiger partial charge in [0.25, 0.3) is 0 Å². The molecule has 0 heterocycles. The van der Waals surface area contributed by atoms with Gasteiger partial charge >= 0.3 is 0 Å². The Morgan fingerprint density at radius 2 is 1.85 bits per heavy atom. The highest BCUT2D eigenvalue weighted by atomic mass is 19.1. The number of halogens is 2. The maximum atomic E-state index is 13.5. The van der Waals surface area contributed by atoms with E-state index in [0.29, 0.717) is 5.70 Å². The van der Waals surface area contributed by atoms with Crippen molar-refractivity contribution in [2.75, 3.05) is 0 Å². The first-order valence-corrected chi connectivity index (χ1v) is 5.92. The van der Waals surface area contributed by atoms with Gasteiger partial charge in [0.05, 0.1) is 6.20 Å². The summed E-state index contributed by atoms with van der Waals surface area (Å²) in [5, 5.41) is 0. The molecule has 1 aromatic rings. The summed E-state index contributed by atoms with van der Waals surface area (Å²) in [5.74, 6) is 3.18. The van der Waals surface area contributed by atoms with Crippen molar-refractivity contribution in [1.82, 2.24) is 5.43 Å². The lowest BCUT2D eigenvalue weighted by molar-refractivity contribution is 0.449. The third-order valence-corrected chi connectivity index (χ3v) is 2.15. The Kier molecular flexibility index (Phi) is 5.86. The normalized spacial score (nSPS) is 12.1. The fourth-order valence-corrected chi connectivity index (χ4v) is 1.22. The number of aliphatic imine (C=N–C) groups is 1. The summed E-state index contributed by atoms with van der Waals surface area (Å²) < 4.78 is 32.2. The Hall–Kier alpha value is -2.21. The van der Waals surface area contributed by atoms with Crippen LogP contribution in [0, 0.1) is 11.6 Å². The van der Waals surface area contributed by atoms with E-state index in [0.717, 1.165) is 17.7 Å². The topological polar surface area (TPSA) is 59.6 Å². The summed E-state index contributed by atoms with van der Waals surface area (Å²) in [6, 6.07) is 3.49. The van der Waals surface area contributed by atoms with Crippen molar-refractivity contribution in [2.45, 2.75) is 20.8 Å². The Balaban J connectivity index is 3.11. The molecule has 0 radical (unpaired) electrons. The predicted octanol–water partition coefficient (Wildman–Crippen LogP) is 3.03. The zero-order chi connectivity index (χ0) is 15.1. The van der Waals surface area contributed by atoms with Crippen molar-refractivity contribution in [3.8, 4) is 5.75 Å². The van der Waals surface area contributed by atoms with Crippen LogP contribution in [0.5, 0.6) is 5.75 Å². The largest absolute Gasteiger partial charge is 0.433 e. The van der Waals surface area contributed by atoms with Gasteiger partial charge in [-0.05, 0) is 39.0 Å². The van der Waals surface area contributed by atoms with Crippen molar-refractivity contribution >= 4 is 5.90 Å². The van der Waals surface area contributed by atoms with Crippen LogP contribution in [0.15, 0.2) is 46.7 Å². The molecule has 0 unspecified atom stereocenters. The van der Waals surface area contributed by atoms with Crippen molar-refractivity contribution in [2.24, 2.45) is 10.8 Å². The van der Waals surface area contributed by atoms with Gasteiger partial charge in [-0.3, -0.25) is 5.84 Å². The Morgan fingerprint density at radius 1 is 1.25 bits per heavy atom. The third kappa shape index (κ3) is 4.81. The van der Waals surface area contributed by atoms with Gasteiger partial charge in [0.1, 0.15) is 0 Å². The van der Waals surface area contributed by atoms with Gasteiger partial charge in [0.2, 0.25) is 11.6 Å². The zero-order valence-corrected chi connectivity index (χ0v) is 11.6. The number of nitrogens with two attached hydrogens (primary N) is 1. The minimum atomic E-state index is -0.794. The number of para-hydroxylation sites is 1. The molecule has 0 spiro atoms. The van der Waals surface area contributed by atoms with E-state index in [-0.39, 0.29) is 5.90 Å². The van der Waals surface area contributed by atoms with E-state index in [1.807, 2.05) is 13.8 Å². The van der Waals surface area contributed by atoms with Gasteiger partial charge in [-0.25, -0.2) is 13.8 Å². The van der Waals surface area contributed by atoms with Crippen molar-refractivity contribution in [3.63, 3.8) is 0 Å². The second-order valence-electron chi connectivity index (χ2n) is 4.30. The van der Waals surface area contributed by atoms with E-state index < -0.39 is 17.4 Å². The van der Waals surface area contributed by atoms with Crippen LogP contribution in [0.2, 0.25) is 0 Å². The molecule has 0 bridgehead atoms. The Labute approximate surface area is 116 Å². The molecule has 0 saturated heterocycles. The quantitative estimate of drug-likeness (QED) is 0.386. The zero-order valence-electron chi connectivity index (χ0n) is 11.6. The molecule has 0 saturated carbocycles. The number of ether oxygens (including phenoxy) is 1. The third-order valence-electron chi connectivity index (χ3n) is 2.15. The summed E-state index contributed by atoms with van der Waals surface area (Å²) in [6.45, 7) is 5.32. The molecule has 0 aliphatic heterocycles. The first kappa shape index (κ1) is 15.8. The highest BCUT2D eigenvalue weighted by Crippen LogP contribution is 2.21. The molecule has 1 rings (SSSR count). The molecule has 0 aliphatic carbocycles. The lowest BCUT2D eigenvalue weighted by Crippen LogP contribution is -2.19. The van der Waals surface area contributed by atoms with Gasteiger partial charge in [0.15, 0.2) is 11.6 Å². The minimum absolute atomic E-state index is 0.0589. The van der Waals surface area contributed by atoms with Crippen LogP contribution in [0.1, 0.15) is 20.8 Å². The van der Waals surface area contributed by atoms with Crippen LogP contribution in [-0.4, -0.2) is 5.90 Å². The lowest BCUT2D eigenvalue weighted by atomic mass is 10.3. The van der Waals surface area contributed by atoms with Crippen LogP contribution >= 0.6 is 0 Å². The number of nitrogens with zero attached hydrogens (tertiary/aromatic N) is 1. The van der Waals surface area contributed by atoms with Crippen molar-refractivity contribution < 1.29 is 13.5 Å².